The monoisotopic (exact) mass is 274 g/mol. The minimum Gasteiger partial charge on any atom is -0.298 e. The molecule has 21 heavy (non-hydrogen) atoms. The molecule has 1 heteroatoms. The van der Waals surface area contributed by atoms with E-state index in [0.717, 1.165) is 12.0 Å². The SMILES string of the molecule is CC(=O)[C@]1(C#Cc2ccc(C)cc2)C[C@H]1c1ccccc1. The standard InChI is InChI=1S/C20H18O/c1-15-8-10-17(11-9-15)12-13-20(16(2)21)14-19(20)18-6-4-3-5-7-18/h3-11,19H,14H2,1-2H3/t19-,20-/m0/s1. The number of hydrogen-bond acceptors (Lipinski definition) is 1. The third-order valence-electron chi connectivity index (χ3n) is 4.27. The van der Waals surface area contributed by atoms with Gasteiger partial charge in [0.15, 0.2) is 0 Å². The summed E-state index contributed by atoms with van der Waals surface area (Å²) in [6.07, 6.45) is 0.839. The molecule has 1 nitrogen and oxygen atoms in total. The summed E-state index contributed by atoms with van der Waals surface area (Å²) in [7, 11) is 0. The Hall–Kier alpha value is -2.33. The maximum atomic E-state index is 12.1. The molecule has 1 aliphatic rings. The number of Topliss-reactive ketones (excluding diaryl/α,β-unsaturated/α-hetero) is 1. The molecule has 0 heterocycles. The Morgan fingerprint density at radius 1 is 1.10 bits per heavy atom. The lowest BCUT2D eigenvalue weighted by molar-refractivity contribution is -0.120. The Balaban J connectivity index is 1.88. The molecule has 1 fully saturated rings. The van der Waals surface area contributed by atoms with Crippen LogP contribution in [0.5, 0.6) is 0 Å². The van der Waals surface area contributed by atoms with E-state index >= 15 is 0 Å². The lowest BCUT2D eigenvalue weighted by atomic mass is 9.95. The van der Waals surface area contributed by atoms with Crippen molar-refractivity contribution < 1.29 is 4.79 Å². The Kier molecular flexibility index (Phi) is 3.39. The number of ketones is 1. The van der Waals surface area contributed by atoms with E-state index < -0.39 is 5.41 Å². The summed E-state index contributed by atoms with van der Waals surface area (Å²) in [6.45, 7) is 3.72. The summed E-state index contributed by atoms with van der Waals surface area (Å²) in [5.74, 6) is 6.86. The maximum Gasteiger partial charge on any atom is 0.148 e. The molecule has 3 rings (SSSR count). The lowest BCUT2D eigenvalue weighted by Gasteiger charge is -2.06. The van der Waals surface area contributed by atoms with E-state index in [2.05, 4.69) is 30.9 Å². The third-order valence-corrected chi connectivity index (χ3v) is 4.27. The van der Waals surface area contributed by atoms with Gasteiger partial charge in [-0.3, -0.25) is 4.79 Å². The molecule has 0 aliphatic heterocycles. The van der Waals surface area contributed by atoms with Gasteiger partial charge in [-0.05, 0) is 38.0 Å². The van der Waals surface area contributed by atoms with Gasteiger partial charge in [-0.25, -0.2) is 0 Å². The fraction of sp³-hybridized carbons (Fsp3) is 0.250. The van der Waals surface area contributed by atoms with Gasteiger partial charge < -0.3 is 0 Å². The van der Waals surface area contributed by atoms with Crippen LogP contribution in [0.25, 0.3) is 0 Å². The van der Waals surface area contributed by atoms with Crippen LogP contribution in [0.3, 0.4) is 0 Å². The van der Waals surface area contributed by atoms with Gasteiger partial charge in [-0.1, -0.05) is 59.9 Å². The van der Waals surface area contributed by atoms with Gasteiger partial charge >= 0.3 is 0 Å². The van der Waals surface area contributed by atoms with Gasteiger partial charge in [0, 0.05) is 11.5 Å². The van der Waals surface area contributed by atoms with Crippen LogP contribution in [-0.2, 0) is 4.79 Å². The second-order valence-electron chi connectivity index (χ2n) is 5.81. The highest BCUT2D eigenvalue weighted by Gasteiger charge is 2.57. The zero-order valence-electron chi connectivity index (χ0n) is 12.4. The second-order valence-corrected chi connectivity index (χ2v) is 5.81. The summed E-state index contributed by atoms with van der Waals surface area (Å²) in [5, 5.41) is 0. The zero-order chi connectivity index (χ0) is 14.9. The average molecular weight is 274 g/mol. The van der Waals surface area contributed by atoms with Crippen molar-refractivity contribution in [2.75, 3.05) is 0 Å². The van der Waals surface area contributed by atoms with E-state index in [4.69, 9.17) is 0 Å². The van der Waals surface area contributed by atoms with Crippen LogP contribution in [-0.4, -0.2) is 5.78 Å². The molecule has 1 saturated carbocycles. The number of carbonyl (C=O) groups is 1. The highest BCUT2D eigenvalue weighted by molar-refractivity contribution is 5.91. The molecule has 0 unspecified atom stereocenters. The van der Waals surface area contributed by atoms with E-state index in [1.807, 2.05) is 42.5 Å². The predicted octanol–water partition coefficient (Wildman–Crippen LogP) is 4.11. The molecule has 0 spiro atoms. The first-order chi connectivity index (χ1) is 10.1. The van der Waals surface area contributed by atoms with Gasteiger partial charge in [0.25, 0.3) is 0 Å². The van der Waals surface area contributed by atoms with Crippen molar-refractivity contribution >= 4 is 5.78 Å². The second kappa shape index (κ2) is 5.22. The predicted molar refractivity (Wildman–Crippen MR) is 85.0 cm³/mol. The molecule has 1 aliphatic carbocycles. The average Bonchev–Trinajstić information content (AvgIpc) is 3.24. The molecule has 0 radical (unpaired) electrons. The summed E-state index contributed by atoms with van der Waals surface area (Å²) in [5.41, 5.74) is 2.92. The van der Waals surface area contributed by atoms with Crippen LogP contribution in [0.4, 0.5) is 0 Å². The number of benzene rings is 2. The summed E-state index contributed by atoms with van der Waals surface area (Å²) < 4.78 is 0. The van der Waals surface area contributed by atoms with Gasteiger partial charge in [0.2, 0.25) is 0 Å². The van der Waals surface area contributed by atoms with E-state index in [0.29, 0.717) is 0 Å². The van der Waals surface area contributed by atoms with Crippen LogP contribution in [0.1, 0.15) is 36.0 Å². The summed E-state index contributed by atoms with van der Waals surface area (Å²) in [4.78, 5) is 12.1. The van der Waals surface area contributed by atoms with E-state index in [9.17, 15) is 4.79 Å². The molecule has 0 N–H and O–H groups in total. The molecule has 2 aromatic rings. The van der Waals surface area contributed by atoms with Crippen molar-refractivity contribution in [3.63, 3.8) is 0 Å². The van der Waals surface area contributed by atoms with Gasteiger partial charge in [-0.15, -0.1) is 0 Å². The smallest absolute Gasteiger partial charge is 0.148 e. The van der Waals surface area contributed by atoms with E-state index in [1.165, 1.54) is 11.1 Å². The largest absolute Gasteiger partial charge is 0.298 e. The molecule has 104 valence electrons. The van der Waals surface area contributed by atoms with Crippen molar-refractivity contribution in [2.45, 2.75) is 26.2 Å². The summed E-state index contributed by atoms with van der Waals surface area (Å²) in [6, 6.07) is 18.3. The Morgan fingerprint density at radius 2 is 1.76 bits per heavy atom. The fourth-order valence-corrected chi connectivity index (χ4v) is 2.79. The molecule has 0 aromatic heterocycles. The van der Waals surface area contributed by atoms with Crippen molar-refractivity contribution in [1.29, 1.82) is 0 Å². The number of aryl methyl sites for hydroxylation is 1. The van der Waals surface area contributed by atoms with Crippen molar-refractivity contribution in [1.82, 2.24) is 0 Å². The molecular weight excluding hydrogens is 256 g/mol. The first-order valence-corrected chi connectivity index (χ1v) is 7.28. The van der Waals surface area contributed by atoms with Crippen molar-refractivity contribution in [2.24, 2.45) is 5.41 Å². The van der Waals surface area contributed by atoms with E-state index in [1.54, 1.807) is 6.92 Å². The van der Waals surface area contributed by atoms with Crippen LogP contribution in [0, 0.1) is 24.2 Å². The topological polar surface area (TPSA) is 17.1 Å². The van der Waals surface area contributed by atoms with Crippen molar-refractivity contribution in [3.05, 3.63) is 71.3 Å². The quantitative estimate of drug-likeness (QED) is 0.753. The molecule has 2 aromatic carbocycles. The van der Waals surface area contributed by atoms with Crippen LogP contribution in [0.2, 0.25) is 0 Å². The Bertz CT molecular complexity index is 716. The van der Waals surface area contributed by atoms with Crippen LogP contribution >= 0.6 is 0 Å². The van der Waals surface area contributed by atoms with Gasteiger partial charge in [0.05, 0.1) is 5.41 Å². The van der Waals surface area contributed by atoms with Crippen LogP contribution in [0.15, 0.2) is 54.6 Å². The van der Waals surface area contributed by atoms with Gasteiger partial charge in [-0.2, -0.15) is 0 Å². The maximum absolute atomic E-state index is 12.1. The highest BCUT2D eigenvalue weighted by atomic mass is 16.1. The third kappa shape index (κ3) is 2.62. The number of hydrogen-bond donors (Lipinski definition) is 0. The normalized spacial score (nSPS) is 23.0. The first-order valence-electron chi connectivity index (χ1n) is 7.28. The molecule has 2 atom stereocenters. The Morgan fingerprint density at radius 3 is 2.38 bits per heavy atom. The lowest BCUT2D eigenvalue weighted by Crippen LogP contribution is -2.12. The highest BCUT2D eigenvalue weighted by Crippen LogP contribution is 2.59. The summed E-state index contributed by atoms with van der Waals surface area (Å²) >= 11 is 0. The molecule has 0 saturated heterocycles. The molecular formula is C20H18O. The fourth-order valence-electron chi connectivity index (χ4n) is 2.79. The minimum absolute atomic E-state index is 0.177. The minimum atomic E-state index is -0.480. The first kappa shape index (κ1) is 13.6. The van der Waals surface area contributed by atoms with Crippen molar-refractivity contribution in [3.8, 4) is 11.8 Å². The zero-order valence-corrected chi connectivity index (χ0v) is 12.4. The van der Waals surface area contributed by atoms with E-state index in [-0.39, 0.29) is 11.7 Å². The molecule has 0 bridgehead atoms. The molecule has 0 amide bonds. The van der Waals surface area contributed by atoms with Crippen LogP contribution < -0.4 is 0 Å². The van der Waals surface area contributed by atoms with Gasteiger partial charge in [0.1, 0.15) is 5.78 Å². The Labute approximate surface area is 126 Å². The number of carbonyl (C=O) groups excluding carboxylic acids is 1. The number of rotatable bonds is 2.